The SMILES string of the molecule is CCCCOc1ccc([C@@H](O)[C@H](C[NH+]2CCCCCC2)c2ccccc2)cc1. The number of aliphatic hydroxyl groups is 1. The molecule has 1 fully saturated rings. The zero-order valence-corrected chi connectivity index (χ0v) is 17.3. The topological polar surface area (TPSA) is 33.9 Å². The lowest BCUT2D eigenvalue weighted by Crippen LogP contribution is -3.12. The fraction of sp³-hybridized carbons (Fsp3) is 0.520. The number of rotatable bonds is 9. The zero-order chi connectivity index (χ0) is 19.6. The van der Waals surface area contributed by atoms with Crippen LogP contribution in [0.1, 0.15) is 68.6 Å². The molecule has 1 aliphatic rings. The van der Waals surface area contributed by atoms with Crippen LogP contribution in [0.4, 0.5) is 0 Å². The maximum absolute atomic E-state index is 11.3. The summed E-state index contributed by atoms with van der Waals surface area (Å²) in [6, 6.07) is 18.6. The van der Waals surface area contributed by atoms with Gasteiger partial charge in [-0.15, -0.1) is 0 Å². The van der Waals surface area contributed by atoms with Gasteiger partial charge in [-0.25, -0.2) is 0 Å². The molecule has 0 aliphatic carbocycles. The zero-order valence-electron chi connectivity index (χ0n) is 17.3. The minimum atomic E-state index is -0.497. The summed E-state index contributed by atoms with van der Waals surface area (Å²) < 4.78 is 5.78. The van der Waals surface area contributed by atoms with Gasteiger partial charge in [0.25, 0.3) is 0 Å². The monoisotopic (exact) mass is 382 g/mol. The second-order valence-corrected chi connectivity index (χ2v) is 8.10. The normalized spacial score (nSPS) is 17.6. The standard InChI is InChI=1S/C25H35NO2/c1-2-3-19-28-23-15-13-22(14-16-23)25(27)24(21-11-7-6-8-12-21)20-26-17-9-4-5-10-18-26/h6-8,11-16,24-25,27H,2-5,9-10,17-20H2,1H3/p+1/t24-,25-/m1/s1. The van der Waals surface area contributed by atoms with E-state index in [1.165, 1.54) is 44.3 Å². The van der Waals surface area contributed by atoms with Crippen molar-refractivity contribution in [3.05, 3.63) is 65.7 Å². The highest BCUT2D eigenvalue weighted by Crippen LogP contribution is 2.31. The first-order valence-electron chi connectivity index (χ1n) is 11.1. The number of unbranched alkanes of at least 4 members (excludes halogenated alkanes) is 1. The van der Waals surface area contributed by atoms with Crippen LogP contribution in [0.5, 0.6) is 5.75 Å². The van der Waals surface area contributed by atoms with Gasteiger partial charge in [-0.05, 0) is 55.4 Å². The Morgan fingerprint density at radius 1 is 0.893 bits per heavy atom. The van der Waals surface area contributed by atoms with Crippen LogP contribution in [0.3, 0.4) is 0 Å². The Labute approximate surface area is 170 Å². The van der Waals surface area contributed by atoms with E-state index in [9.17, 15) is 5.11 Å². The van der Waals surface area contributed by atoms with E-state index in [1.54, 1.807) is 4.90 Å². The lowest BCUT2D eigenvalue weighted by atomic mass is 9.88. The molecule has 0 saturated carbocycles. The molecule has 0 unspecified atom stereocenters. The molecule has 1 heterocycles. The van der Waals surface area contributed by atoms with Crippen molar-refractivity contribution in [1.82, 2.24) is 0 Å². The second kappa shape index (κ2) is 11.2. The molecule has 0 aromatic heterocycles. The second-order valence-electron chi connectivity index (χ2n) is 8.10. The van der Waals surface area contributed by atoms with E-state index in [1.807, 2.05) is 30.3 Å². The number of quaternary nitrogens is 1. The number of benzene rings is 2. The molecule has 1 aliphatic heterocycles. The lowest BCUT2D eigenvalue weighted by Gasteiger charge is -2.28. The molecule has 0 radical (unpaired) electrons. The van der Waals surface area contributed by atoms with Crippen molar-refractivity contribution in [3.63, 3.8) is 0 Å². The first-order valence-corrected chi connectivity index (χ1v) is 11.1. The Morgan fingerprint density at radius 3 is 2.21 bits per heavy atom. The Hall–Kier alpha value is -1.84. The largest absolute Gasteiger partial charge is 0.494 e. The molecule has 0 spiro atoms. The van der Waals surface area contributed by atoms with Gasteiger partial charge in [0.15, 0.2) is 0 Å². The first kappa shape index (κ1) is 20.9. The molecule has 2 N–H and O–H groups in total. The van der Waals surface area contributed by atoms with E-state index in [0.717, 1.165) is 37.3 Å². The summed E-state index contributed by atoms with van der Waals surface area (Å²) >= 11 is 0. The Kier molecular flexibility index (Phi) is 8.38. The smallest absolute Gasteiger partial charge is 0.119 e. The van der Waals surface area contributed by atoms with Crippen LogP contribution in [0.25, 0.3) is 0 Å². The molecule has 2 aromatic carbocycles. The minimum absolute atomic E-state index is 0.112. The van der Waals surface area contributed by atoms with Gasteiger partial charge in [0.2, 0.25) is 0 Å². The van der Waals surface area contributed by atoms with E-state index in [0.29, 0.717) is 0 Å². The molecule has 3 rings (SSSR count). The molecular weight excluding hydrogens is 346 g/mol. The van der Waals surface area contributed by atoms with Crippen molar-refractivity contribution in [2.45, 2.75) is 57.5 Å². The van der Waals surface area contributed by atoms with Crippen LogP contribution < -0.4 is 9.64 Å². The van der Waals surface area contributed by atoms with E-state index in [-0.39, 0.29) is 5.92 Å². The van der Waals surface area contributed by atoms with Gasteiger partial charge < -0.3 is 14.7 Å². The molecule has 0 amide bonds. The average molecular weight is 383 g/mol. The third kappa shape index (κ3) is 6.08. The summed E-state index contributed by atoms with van der Waals surface area (Å²) in [5.41, 5.74) is 2.21. The molecule has 28 heavy (non-hydrogen) atoms. The van der Waals surface area contributed by atoms with Gasteiger partial charge in [-0.1, -0.05) is 55.8 Å². The van der Waals surface area contributed by atoms with Crippen molar-refractivity contribution in [1.29, 1.82) is 0 Å². The lowest BCUT2D eigenvalue weighted by molar-refractivity contribution is -0.901. The fourth-order valence-corrected chi connectivity index (χ4v) is 4.18. The summed E-state index contributed by atoms with van der Waals surface area (Å²) in [4.78, 5) is 1.63. The molecule has 0 bridgehead atoms. The van der Waals surface area contributed by atoms with E-state index in [2.05, 4.69) is 31.2 Å². The van der Waals surface area contributed by atoms with Gasteiger partial charge >= 0.3 is 0 Å². The Balaban J connectivity index is 1.73. The number of hydrogen-bond donors (Lipinski definition) is 2. The van der Waals surface area contributed by atoms with Crippen molar-refractivity contribution in [2.75, 3.05) is 26.2 Å². The molecule has 1 saturated heterocycles. The van der Waals surface area contributed by atoms with Crippen LogP contribution in [0, 0.1) is 0 Å². The highest BCUT2D eigenvalue weighted by Gasteiger charge is 2.28. The first-order chi connectivity index (χ1) is 13.8. The number of hydrogen-bond acceptors (Lipinski definition) is 2. The number of likely N-dealkylation sites (tertiary alicyclic amines) is 1. The van der Waals surface area contributed by atoms with Gasteiger partial charge in [0.1, 0.15) is 5.75 Å². The Bertz CT molecular complexity index is 663. The highest BCUT2D eigenvalue weighted by atomic mass is 16.5. The molecule has 2 atom stereocenters. The van der Waals surface area contributed by atoms with E-state index in [4.69, 9.17) is 4.74 Å². The van der Waals surface area contributed by atoms with Gasteiger partial charge in [-0.3, -0.25) is 0 Å². The number of aliphatic hydroxyl groups excluding tert-OH is 1. The summed E-state index contributed by atoms with van der Waals surface area (Å²) in [5, 5.41) is 11.3. The van der Waals surface area contributed by atoms with Gasteiger partial charge in [-0.2, -0.15) is 0 Å². The molecular formula is C25H36NO2+. The predicted octanol–water partition coefficient (Wildman–Crippen LogP) is 4.14. The quantitative estimate of drug-likeness (QED) is 0.639. The molecule has 2 aromatic rings. The fourth-order valence-electron chi connectivity index (χ4n) is 4.18. The average Bonchev–Trinajstić information content (AvgIpc) is 3.02. The summed E-state index contributed by atoms with van der Waals surface area (Å²) in [6.45, 7) is 6.35. The van der Waals surface area contributed by atoms with Gasteiger partial charge in [0, 0.05) is 0 Å². The molecule has 3 nitrogen and oxygen atoms in total. The van der Waals surface area contributed by atoms with Gasteiger partial charge in [0.05, 0.1) is 38.3 Å². The van der Waals surface area contributed by atoms with Crippen LogP contribution >= 0.6 is 0 Å². The number of nitrogens with one attached hydrogen (secondary N) is 1. The van der Waals surface area contributed by atoms with Crippen LogP contribution in [-0.4, -0.2) is 31.3 Å². The Morgan fingerprint density at radius 2 is 1.57 bits per heavy atom. The van der Waals surface area contributed by atoms with Crippen molar-refractivity contribution < 1.29 is 14.7 Å². The summed E-state index contributed by atoms with van der Waals surface area (Å²) in [7, 11) is 0. The van der Waals surface area contributed by atoms with Crippen molar-refractivity contribution in [3.8, 4) is 5.75 Å². The summed E-state index contributed by atoms with van der Waals surface area (Å²) in [6.07, 6.45) is 7.01. The van der Waals surface area contributed by atoms with E-state index >= 15 is 0 Å². The number of ether oxygens (including phenoxy) is 1. The molecule has 3 heteroatoms. The van der Waals surface area contributed by atoms with Crippen LogP contribution in [0.2, 0.25) is 0 Å². The van der Waals surface area contributed by atoms with Crippen molar-refractivity contribution in [2.24, 2.45) is 0 Å². The van der Waals surface area contributed by atoms with Crippen LogP contribution in [0.15, 0.2) is 54.6 Å². The highest BCUT2D eigenvalue weighted by molar-refractivity contribution is 5.31. The predicted molar refractivity (Wildman–Crippen MR) is 115 cm³/mol. The maximum atomic E-state index is 11.3. The maximum Gasteiger partial charge on any atom is 0.119 e. The summed E-state index contributed by atoms with van der Waals surface area (Å²) in [5.74, 6) is 1.000. The van der Waals surface area contributed by atoms with Crippen molar-refractivity contribution >= 4 is 0 Å². The van der Waals surface area contributed by atoms with Crippen LogP contribution in [-0.2, 0) is 0 Å². The van der Waals surface area contributed by atoms with E-state index < -0.39 is 6.10 Å². The molecule has 152 valence electrons. The third-order valence-electron chi connectivity index (χ3n) is 5.92. The minimum Gasteiger partial charge on any atom is -0.494 e. The third-order valence-corrected chi connectivity index (χ3v) is 5.92.